The summed E-state index contributed by atoms with van der Waals surface area (Å²) in [6, 6.07) is 16.6. The maximum absolute atomic E-state index is 12.8. The van der Waals surface area contributed by atoms with Crippen LogP contribution in [0.25, 0.3) is 11.0 Å². The van der Waals surface area contributed by atoms with Crippen LogP contribution in [-0.2, 0) is 0 Å². The number of hydrogen-bond acceptors (Lipinski definition) is 7. The fraction of sp³-hybridized carbons (Fsp3) is 0.120. The molecule has 1 heterocycles. The molecule has 4 aromatic rings. The lowest BCUT2D eigenvalue weighted by Crippen LogP contribution is -2.09. The quantitative estimate of drug-likeness (QED) is 0.308. The van der Waals surface area contributed by atoms with Gasteiger partial charge >= 0.3 is 5.97 Å². The van der Waals surface area contributed by atoms with E-state index in [1.165, 1.54) is 38.7 Å². The summed E-state index contributed by atoms with van der Waals surface area (Å²) >= 11 is 0. The number of hydrogen-bond donors (Lipinski definition) is 0. The van der Waals surface area contributed by atoms with Crippen molar-refractivity contribution < 1.29 is 28.2 Å². The first-order valence-electron chi connectivity index (χ1n) is 9.72. The zero-order valence-corrected chi connectivity index (χ0v) is 17.7. The molecule has 32 heavy (non-hydrogen) atoms. The van der Waals surface area contributed by atoms with Gasteiger partial charge in [0.1, 0.15) is 34.8 Å². The van der Waals surface area contributed by atoms with Crippen LogP contribution in [0.1, 0.15) is 15.9 Å². The molecule has 0 saturated heterocycles. The average Bonchev–Trinajstić information content (AvgIpc) is 2.80. The summed E-state index contributed by atoms with van der Waals surface area (Å²) in [5.74, 6) is 1.14. The molecule has 0 amide bonds. The Labute approximate surface area is 183 Å². The van der Waals surface area contributed by atoms with E-state index in [0.29, 0.717) is 22.6 Å². The van der Waals surface area contributed by atoms with Crippen molar-refractivity contribution in [3.05, 3.63) is 88.3 Å². The Morgan fingerprint density at radius 2 is 1.59 bits per heavy atom. The molecule has 0 N–H and O–H groups in total. The molecular formula is C25H20O7. The summed E-state index contributed by atoms with van der Waals surface area (Å²) in [6.45, 7) is 1.93. The third-order valence-electron chi connectivity index (χ3n) is 4.73. The van der Waals surface area contributed by atoms with Crippen molar-refractivity contribution >= 4 is 16.9 Å². The van der Waals surface area contributed by atoms with E-state index in [1.807, 2.05) is 25.1 Å². The van der Waals surface area contributed by atoms with E-state index in [2.05, 4.69) is 0 Å². The number of benzene rings is 3. The third-order valence-corrected chi connectivity index (χ3v) is 4.73. The van der Waals surface area contributed by atoms with Gasteiger partial charge in [-0.15, -0.1) is 0 Å². The van der Waals surface area contributed by atoms with E-state index in [-0.39, 0.29) is 28.1 Å². The minimum absolute atomic E-state index is 0.0660. The lowest BCUT2D eigenvalue weighted by atomic mass is 10.2. The molecule has 0 fully saturated rings. The van der Waals surface area contributed by atoms with Gasteiger partial charge in [0.25, 0.3) is 0 Å². The molecule has 0 radical (unpaired) electrons. The van der Waals surface area contributed by atoms with Gasteiger partial charge in [-0.05, 0) is 48.9 Å². The topological polar surface area (TPSA) is 84.2 Å². The number of esters is 1. The molecule has 0 aliphatic carbocycles. The molecule has 0 spiro atoms. The van der Waals surface area contributed by atoms with Crippen LogP contribution in [-0.4, -0.2) is 20.2 Å². The summed E-state index contributed by atoms with van der Waals surface area (Å²) in [6.07, 6.45) is 1.24. The Hall–Kier alpha value is -4.26. The fourth-order valence-corrected chi connectivity index (χ4v) is 3.12. The predicted molar refractivity (Wildman–Crippen MR) is 118 cm³/mol. The second-order valence-electron chi connectivity index (χ2n) is 7.00. The highest BCUT2D eigenvalue weighted by Crippen LogP contribution is 2.26. The number of carbonyl (C=O) groups excluding carboxylic acids is 1. The Balaban J connectivity index is 1.59. The van der Waals surface area contributed by atoms with Crippen molar-refractivity contribution in [3.63, 3.8) is 0 Å². The molecule has 3 aromatic carbocycles. The Kier molecular flexibility index (Phi) is 5.81. The molecule has 7 heteroatoms. The van der Waals surface area contributed by atoms with Gasteiger partial charge in [-0.2, -0.15) is 0 Å². The van der Waals surface area contributed by atoms with Crippen LogP contribution < -0.4 is 24.4 Å². The van der Waals surface area contributed by atoms with E-state index in [9.17, 15) is 9.59 Å². The number of ether oxygens (including phenoxy) is 4. The van der Waals surface area contributed by atoms with Gasteiger partial charge in [0.05, 0.1) is 25.2 Å². The first kappa shape index (κ1) is 21.0. The first-order valence-corrected chi connectivity index (χ1v) is 9.72. The third kappa shape index (κ3) is 4.41. The van der Waals surface area contributed by atoms with E-state index >= 15 is 0 Å². The number of fused-ring (bicyclic) bond motifs is 1. The molecular weight excluding hydrogens is 412 g/mol. The maximum atomic E-state index is 12.8. The molecule has 0 aliphatic heterocycles. The van der Waals surface area contributed by atoms with Gasteiger partial charge in [-0.3, -0.25) is 4.79 Å². The van der Waals surface area contributed by atoms with Crippen molar-refractivity contribution in [2.24, 2.45) is 0 Å². The Bertz CT molecular complexity index is 1330. The number of methoxy groups -OCH3 is 2. The standard InChI is InChI=1S/C25H20O7/c1-15-5-4-6-17(9-15)31-23-14-30-22-13-18(7-8-21(22)24(23)26)32-25(27)16-10-19(28-2)12-20(11-16)29-3/h4-14H,1-3H3. The van der Waals surface area contributed by atoms with Crippen molar-refractivity contribution in [1.29, 1.82) is 0 Å². The molecule has 4 rings (SSSR count). The summed E-state index contributed by atoms with van der Waals surface area (Å²) in [5, 5.41) is 0.304. The van der Waals surface area contributed by atoms with Crippen molar-refractivity contribution in [1.82, 2.24) is 0 Å². The van der Waals surface area contributed by atoms with E-state index < -0.39 is 5.97 Å². The van der Waals surface area contributed by atoms with Gasteiger partial charge in [0, 0.05) is 12.1 Å². The van der Waals surface area contributed by atoms with Gasteiger partial charge in [0.15, 0.2) is 0 Å². The van der Waals surface area contributed by atoms with Crippen molar-refractivity contribution in [3.8, 4) is 28.7 Å². The summed E-state index contributed by atoms with van der Waals surface area (Å²) < 4.78 is 27.1. The van der Waals surface area contributed by atoms with Crippen molar-refractivity contribution in [2.45, 2.75) is 6.92 Å². The zero-order chi connectivity index (χ0) is 22.7. The van der Waals surface area contributed by atoms with Crippen LogP contribution in [0.15, 0.2) is 76.1 Å². The van der Waals surface area contributed by atoms with E-state index in [4.69, 9.17) is 23.4 Å². The van der Waals surface area contributed by atoms with Crippen LogP contribution in [0.5, 0.6) is 28.7 Å². The Morgan fingerprint density at radius 3 is 2.28 bits per heavy atom. The predicted octanol–water partition coefficient (Wildman–Crippen LogP) is 5.13. The fourth-order valence-electron chi connectivity index (χ4n) is 3.12. The highest BCUT2D eigenvalue weighted by Gasteiger charge is 2.15. The summed E-state index contributed by atoms with van der Waals surface area (Å²) in [4.78, 5) is 25.4. The molecule has 1 aromatic heterocycles. The maximum Gasteiger partial charge on any atom is 0.343 e. The Morgan fingerprint density at radius 1 is 0.844 bits per heavy atom. The second kappa shape index (κ2) is 8.85. The minimum atomic E-state index is -0.608. The number of aryl methyl sites for hydroxylation is 1. The van der Waals surface area contributed by atoms with Crippen LogP contribution in [0, 0.1) is 6.92 Å². The van der Waals surface area contributed by atoms with Crippen molar-refractivity contribution in [2.75, 3.05) is 14.2 Å². The van der Waals surface area contributed by atoms with Crippen LogP contribution in [0.3, 0.4) is 0 Å². The van der Waals surface area contributed by atoms with Gasteiger partial charge < -0.3 is 23.4 Å². The van der Waals surface area contributed by atoms with Gasteiger partial charge in [-0.1, -0.05) is 12.1 Å². The highest BCUT2D eigenvalue weighted by molar-refractivity contribution is 5.92. The monoisotopic (exact) mass is 432 g/mol. The second-order valence-corrected chi connectivity index (χ2v) is 7.00. The molecule has 0 aliphatic rings. The first-order chi connectivity index (χ1) is 15.5. The van der Waals surface area contributed by atoms with Crippen LogP contribution in [0.4, 0.5) is 0 Å². The molecule has 7 nitrogen and oxygen atoms in total. The minimum Gasteiger partial charge on any atom is -0.497 e. The summed E-state index contributed by atoms with van der Waals surface area (Å²) in [7, 11) is 2.98. The lowest BCUT2D eigenvalue weighted by molar-refractivity contribution is 0.0734. The molecule has 0 atom stereocenters. The largest absolute Gasteiger partial charge is 0.497 e. The molecule has 0 bridgehead atoms. The van der Waals surface area contributed by atoms with Crippen LogP contribution in [0.2, 0.25) is 0 Å². The smallest absolute Gasteiger partial charge is 0.343 e. The SMILES string of the molecule is COc1cc(OC)cc(C(=O)Oc2ccc3c(=O)c(Oc4cccc(C)c4)coc3c2)c1. The van der Waals surface area contributed by atoms with Gasteiger partial charge in [-0.25, -0.2) is 4.79 Å². The van der Waals surface area contributed by atoms with Gasteiger partial charge in [0.2, 0.25) is 11.2 Å². The highest BCUT2D eigenvalue weighted by atomic mass is 16.5. The average molecular weight is 432 g/mol. The zero-order valence-electron chi connectivity index (χ0n) is 17.7. The van der Waals surface area contributed by atoms with E-state index in [1.54, 1.807) is 24.3 Å². The number of rotatable bonds is 6. The summed E-state index contributed by atoms with van der Waals surface area (Å²) in [5.41, 5.74) is 1.20. The normalized spacial score (nSPS) is 10.6. The molecule has 0 saturated carbocycles. The van der Waals surface area contributed by atoms with E-state index in [0.717, 1.165) is 5.56 Å². The number of carbonyl (C=O) groups is 1. The lowest BCUT2D eigenvalue weighted by Gasteiger charge is -2.09. The molecule has 0 unspecified atom stereocenters. The molecule has 162 valence electrons. The van der Waals surface area contributed by atoms with Crippen LogP contribution >= 0.6 is 0 Å².